The van der Waals surface area contributed by atoms with E-state index in [1.807, 2.05) is 6.26 Å². The van der Waals surface area contributed by atoms with Crippen molar-refractivity contribution >= 4 is 52.2 Å². The molecule has 0 bridgehead atoms. The van der Waals surface area contributed by atoms with Crippen molar-refractivity contribution in [2.75, 3.05) is 24.8 Å². The summed E-state index contributed by atoms with van der Waals surface area (Å²) < 4.78 is 11.0. The van der Waals surface area contributed by atoms with Gasteiger partial charge in [0.1, 0.15) is 10.4 Å². The van der Waals surface area contributed by atoms with E-state index in [2.05, 4.69) is 5.32 Å². The molecule has 1 aromatic heterocycles. The third kappa shape index (κ3) is 4.90. The van der Waals surface area contributed by atoms with Crippen molar-refractivity contribution in [1.82, 2.24) is 0 Å². The van der Waals surface area contributed by atoms with Gasteiger partial charge in [-0.2, -0.15) is 0 Å². The number of ketones is 1. The molecule has 1 aromatic carbocycles. The van der Waals surface area contributed by atoms with Gasteiger partial charge >= 0.3 is 11.9 Å². The van der Waals surface area contributed by atoms with Crippen LogP contribution < -0.4 is 5.32 Å². The minimum Gasteiger partial charge on any atom is -0.462 e. The molecule has 0 spiro atoms. The van der Waals surface area contributed by atoms with Gasteiger partial charge < -0.3 is 14.8 Å². The van der Waals surface area contributed by atoms with Crippen molar-refractivity contribution in [3.05, 3.63) is 40.3 Å². The van der Waals surface area contributed by atoms with E-state index in [4.69, 9.17) is 9.47 Å². The molecule has 0 atom stereocenters. The van der Waals surface area contributed by atoms with Crippen molar-refractivity contribution in [2.24, 2.45) is 0 Å². The zero-order chi connectivity index (χ0) is 20.0. The number of rotatable bonds is 8. The molecule has 0 fully saturated rings. The summed E-state index contributed by atoms with van der Waals surface area (Å²) in [7, 11) is 0. The van der Waals surface area contributed by atoms with Crippen LogP contribution >= 0.6 is 23.1 Å². The molecule has 8 heteroatoms. The molecule has 6 nitrogen and oxygen atoms in total. The number of ether oxygens (including phenoxy) is 2. The molecule has 0 unspecified atom stereocenters. The Morgan fingerprint density at radius 1 is 1.04 bits per heavy atom. The second-order valence-corrected chi connectivity index (χ2v) is 7.47. The minimum atomic E-state index is -0.504. The fraction of sp³-hybridized carbons (Fsp3) is 0.316. The van der Waals surface area contributed by atoms with Gasteiger partial charge in [-0.15, -0.1) is 23.1 Å². The van der Waals surface area contributed by atoms with E-state index >= 15 is 0 Å². The van der Waals surface area contributed by atoms with E-state index < -0.39 is 11.9 Å². The van der Waals surface area contributed by atoms with Crippen molar-refractivity contribution in [3.63, 3.8) is 0 Å². The van der Waals surface area contributed by atoms with Gasteiger partial charge in [0.2, 0.25) is 0 Å². The molecule has 0 amide bonds. The molecule has 0 aliphatic rings. The van der Waals surface area contributed by atoms with Gasteiger partial charge in [0.25, 0.3) is 0 Å². The van der Waals surface area contributed by atoms with Crippen LogP contribution in [0.3, 0.4) is 0 Å². The fourth-order valence-electron chi connectivity index (χ4n) is 2.33. The minimum absolute atomic E-state index is 0.0406. The average Bonchev–Trinajstić information content (AvgIpc) is 3.01. The zero-order valence-electron chi connectivity index (χ0n) is 15.6. The highest BCUT2D eigenvalue weighted by molar-refractivity contribution is 8.00. The van der Waals surface area contributed by atoms with Crippen LogP contribution in [0.1, 0.15) is 51.2 Å². The van der Waals surface area contributed by atoms with E-state index in [0.717, 1.165) is 0 Å². The quantitative estimate of drug-likeness (QED) is 0.383. The number of benzene rings is 1. The third-order valence-corrected chi connectivity index (χ3v) is 5.85. The van der Waals surface area contributed by atoms with Crippen LogP contribution in [0.15, 0.2) is 28.5 Å². The highest BCUT2D eigenvalue weighted by Crippen LogP contribution is 2.41. The van der Waals surface area contributed by atoms with Crippen LogP contribution in [-0.2, 0) is 9.47 Å². The van der Waals surface area contributed by atoms with Gasteiger partial charge in [-0.1, -0.05) is 0 Å². The first-order valence-electron chi connectivity index (χ1n) is 8.35. The lowest BCUT2D eigenvalue weighted by molar-refractivity contribution is 0.0524. The number of esters is 2. The third-order valence-electron chi connectivity index (χ3n) is 3.56. The van der Waals surface area contributed by atoms with Crippen molar-refractivity contribution in [1.29, 1.82) is 0 Å². The predicted molar refractivity (Wildman–Crippen MR) is 108 cm³/mol. The monoisotopic (exact) mass is 407 g/mol. The van der Waals surface area contributed by atoms with Crippen LogP contribution in [0.4, 0.5) is 11.4 Å². The fourth-order valence-corrected chi connectivity index (χ4v) is 4.18. The Balaban J connectivity index is 2.52. The summed E-state index contributed by atoms with van der Waals surface area (Å²) in [4.78, 5) is 36.7. The summed E-state index contributed by atoms with van der Waals surface area (Å²) in [5.74, 6) is -1.05. The number of anilines is 2. The summed E-state index contributed by atoms with van der Waals surface area (Å²) >= 11 is 2.55. The molecule has 0 aliphatic carbocycles. The van der Waals surface area contributed by atoms with Gasteiger partial charge in [-0.25, -0.2) is 9.59 Å². The van der Waals surface area contributed by atoms with Crippen molar-refractivity contribution in [2.45, 2.75) is 25.0 Å². The summed E-state index contributed by atoms with van der Waals surface area (Å²) in [5.41, 5.74) is 1.89. The van der Waals surface area contributed by atoms with Gasteiger partial charge in [0.15, 0.2) is 5.78 Å². The maximum absolute atomic E-state index is 12.5. The molecule has 2 aromatic rings. The number of thioether (sulfide) groups is 1. The number of carbonyl (C=O) groups excluding carboxylic acids is 3. The maximum Gasteiger partial charge on any atom is 0.350 e. The average molecular weight is 408 g/mol. The summed E-state index contributed by atoms with van der Waals surface area (Å²) in [6.07, 6.45) is 1.83. The number of hydrogen-bond acceptors (Lipinski definition) is 8. The molecular formula is C19H21NO5S2. The van der Waals surface area contributed by atoms with Crippen LogP contribution in [0.2, 0.25) is 0 Å². The Morgan fingerprint density at radius 3 is 2.15 bits per heavy atom. The second kappa shape index (κ2) is 9.57. The Labute approximate surface area is 166 Å². The Hall–Kier alpha value is -2.32. The highest BCUT2D eigenvalue weighted by Gasteiger charge is 2.28. The smallest absolute Gasteiger partial charge is 0.350 e. The number of thiophene rings is 1. The Morgan fingerprint density at radius 2 is 1.63 bits per heavy atom. The highest BCUT2D eigenvalue weighted by atomic mass is 32.2. The molecule has 1 heterocycles. The molecule has 27 heavy (non-hydrogen) atoms. The summed E-state index contributed by atoms with van der Waals surface area (Å²) in [6, 6.07) is 6.80. The van der Waals surface area contributed by atoms with Crippen LogP contribution in [-0.4, -0.2) is 37.2 Å². The largest absolute Gasteiger partial charge is 0.462 e. The Bertz CT molecular complexity index is 843. The predicted octanol–water partition coefficient (Wildman–Crippen LogP) is 4.77. The molecule has 0 saturated carbocycles. The van der Waals surface area contributed by atoms with Crippen molar-refractivity contribution in [3.8, 4) is 0 Å². The van der Waals surface area contributed by atoms with Crippen LogP contribution in [0, 0.1) is 0 Å². The SMILES string of the molecule is CCOC(=O)c1sc(SC)c(C(=O)OCC)c1Nc1ccc(C(C)=O)cc1. The first-order valence-corrected chi connectivity index (χ1v) is 10.4. The van der Waals surface area contributed by atoms with E-state index in [9.17, 15) is 14.4 Å². The zero-order valence-corrected chi connectivity index (χ0v) is 17.2. The van der Waals surface area contributed by atoms with E-state index in [0.29, 0.717) is 31.6 Å². The number of carbonyl (C=O) groups is 3. The standard InChI is InChI=1S/C19H21NO5S2/c1-5-24-17(22)14-15(16(18(23)25-6-2)27-19(14)26-4)20-13-9-7-12(8-10-13)11(3)21/h7-10,20H,5-6H2,1-4H3. The topological polar surface area (TPSA) is 81.7 Å². The maximum atomic E-state index is 12.5. The molecule has 0 radical (unpaired) electrons. The summed E-state index contributed by atoms with van der Waals surface area (Å²) in [6.45, 7) is 5.39. The molecular weight excluding hydrogens is 386 g/mol. The second-order valence-electron chi connectivity index (χ2n) is 5.37. The number of nitrogens with one attached hydrogen (secondary N) is 1. The molecule has 1 N–H and O–H groups in total. The van der Waals surface area contributed by atoms with E-state index in [1.165, 1.54) is 30.0 Å². The van der Waals surface area contributed by atoms with E-state index in [-0.39, 0.29) is 19.0 Å². The van der Waals surface area contributed by atoms with Crippen molar-refractivity contribution < 1.29 is 23.9 Å². The lowest BCUT2D eigenvalue weighted by Gasteiger charge is -2.11. The van der Waals surface area contributed by atoms with Gasteiger partial charge in [-0.05, 0) is 51.3 Å². The van der Waals surface area contributed by atoms with Crippen LogP contribution in [0.5, 0.6) is 0 Å². The van der Waals surface area contributed by atoms with Gasteiger partial charge in [-0.3, -0.25) is 4.79 Å². The lowest BCUT2D eigenvalue weighted by atomic mass is 10.1. The van der Waals surface area contributed by atoms with Crippen LogP contribution in [0.25, 0.3) is 0 Å². The Kier molecular flexibility index (Phi) is 7.44. The molecule has 2 rings (SSSR count). The molecule has 0 saturated heterocycles. The first-order chi connectivity index (χ1) is 12.9. The number of Topliss-reactive ketones (excluding diaryl/α,β-unsaturated/α-hetero) is 1. The summed E-state index contributed by atoms with van der Waals surface area (Å²) in [5, 5.41) is 3.12. The first kappa shape index (κ1) is 21.0. The lowest BCUT2D eigenvalue weighted by Crippen LogP contribution is -2.10. The van der Waals surface area contributed by atoms with Gasteiger partial charge in [0, 0.05) is 11.3 Å². The van der Waals surface area contributed by atoms with Gasteiger partial charge in [0.05, 0.1) is 23.1 Å². The number of hydrogen-bond donors (Lipinski definition) is 1. The molecule has 0 aliphatic heterocycles. The van der Waals surface area contributed by atoms with E-state index in [1.54, 1.807) is 38.1 Å². The normalized spacial score (nSPS) is 10.4. The molecule has 144 valence electrons.